The molecular weight excluding hydrogens is 502 g/mol. The van der Waals surface area contributed by atoms with Crippen LogP contribution >= 0.6 is 15.9 Å². The molecule has 2 heterocycles. The molecule has 9 heteroatoms. The van der Waals surface area contributed by atoms with Crippen molar-refractivity contribution in [2.45, 2.75) is 25.5 Å². The Hall–Kier alpha value is -3.56. The summed E-state index contributed by atoms with van der Waals surface area (Å²) in [5, 5.41) is 12.6. The van der Waals surface area contributed by atoms with Crippen LogP contribution in [0.4, 0.5) is 17.1 Å². The van der Waals surface area contributed by atoms with Crippen molar-refractivity contribution in [3.05, 3.63) is 98.5 Å². The molecule has 0 saturated carbocycles. The van der Waals surface area contributed by atoms with Crippen LogP contribution in [0.1, 0.15) is 24.1 Å². The van der Waals surface area contributed by atoms with Crippen molar-refractivity contribution in [1.29, 1.82) is 0 Å². The molecule has 2 aliphatic heterocycles. The largest absolute Gasteiger partial charge is 0.273 e. The van der Waals surface area contributed by atoms with Gasteiger partial charge in [0, 0.05) is 16.6 Å². The number of amides is 2. The summed E-state index contributed by atoms with van der Waals surface area (Å²) < 4.78 is 0.838. The van der Waals surface area contributed by atoms with Crippen LogP contribution in [0.3, 0.4) is 0 Å². The van der Waals surface area contributed by atoms with Gasteiger partial charge >= 0.3 is 0 Å². The van der Waals surface area contributed by atoms with Crippen molar-refractivity contribution in [3.63, 3.8) is 0 Å². The number of imide groups is 1. The molecule has 0 N–H and O–H groups in total. The topological polar surface area (TPSA) is 93.0 Å². The van der Waals surface area contributed by atoms with E-state index in [9.17, 15) is 19.7 Å². The fourth-order valence-electron chi connectivity index (χ4n) is 4.49. The Balaban J connectivity index is 1.56. The number of hydroxylamine groups is 1. The van der Waals surface area contributed by atoms with E-state index in [2.05, 4.69) is 22.9 Å². The Morgan fingerprint density at radius 3 is 2.12 bits per heavy atom. The van der Waals surface area contributed by atoms with Gasteiger partial charge in [0.15, 0.2) is 6.10 Å². The van der Waals surface area contributed by atoms with Crippen LogP contribution in [-0.4, -0.2) is 22.8 Å². The molecule has 5 rings (SSSR count). The van der Waals surface area contributed by atoms with E-state index < -0.39 is 28.9 Å². The van der Waals surface area contributed by atoms with E-state index in [0.29, 0.717) is 11.4 Å². The van der Waals surface area contributed by atoms with Gasteiger partial charge in [-0.05, 0) is 53.9 Å². The highest BCUT2D eigenvalue weighted by Crippen LogP contribution is 2.47. The number of rotatable bonds is 5. The zero-order valence-corrected chi connectivity index (χ0v) is 19.7. The first kappa shape index (κ1) is 22.2. The monoisotopic (exact) mass is 521 g/mol. The predicted octanol–water partition coefficient (Wildman–Crippen LogP) is 4.97. The molecule has 2 fully saturated rings. The van der Waals surface area contributed by atoms with Crippen LogP contribution in [0, 0.1) is 16.0 Å². The lowest BCUT2D eigenvalue weighted by Crippen LogP contribution is -2.37. The first-order valence-electron chi connectivity index (χ1n) is 10.8. The molecule has 0 unspecified atom stereocenters. The van der Waals surface area contributed by atoms with Crippen LogP contribution in [0.25, 0.3) is 0 Å². The molecule has 2 saturated heterocycles. The Morgan fingerprint density at radius 1 is 0.912 bits per heavy atom. The minimum Gasteiger partial charge on any atom is -0.273 e. The summed E-state index contributed by atoms with van der Waals surface area (Å²) in [6, 6.07) is 20.1. The highest BCUT2D eigenvalue weighted by molar-refractivity contribution is 9.10. The molecule has 0 aliphatic carbocycles. The van der Waals surface area contributed by atoms with E-state index in [1.54, 1.807) is 36.4 Å². The predicted molar refractivity (Wildman–Crippen MR) is 129 cm³/mol. The molecule has 2 amide bonds. The third-order valence-electron chi connectivity index (χ3n) is 6.24. The summed E-state index contributed by atoms with van der Waals surface area (Å²) in [4.78, 5) is 44.8. The average Bonchev–Trinajstić information content (AvgIpc) is 3.36. The fraction of sp³-hybridized carbons (Fsp3) is 0.200. The van der Waals surface area contributed by atoms with Crippen LogP contribution in [0.15, 0.2) is 77.3 Å². The minimum absolute atomic E-state index is 0.0550. The van der Waals surface area contributed by atoms with E-state index in [-0.39, 0.29) is 11.6 Å². The first-order chi connectivity index (χ1) is 16.4. The van der Waals surface area contributed by atoms with E-state index >= 15 is 0 Å². The number of halogens is 1. The number of nitro benzene ring substituents is 1. The van der Waals surface area contributed by atoms with Crippen molar-refractivity contribution in [2.24, 2.45) is 5.92 Å². The van der Waals surface area contributed by atoms with Crippen molar-refractivity contribution in [2.75, 3.05) is 9.96 Å². The third-order valence-corrected chi connectivity index (χ3v) is 6.77. The van der Waals surface area contributed by atoms with Crippen LogP contribution in [-0.2, 0) is 20.8 Å². The van der Waals surface area contributed by atoms with Gasteiger partial charge in [-0.2, -0.15) is 0 Å². The van der Waals surface area contributed by atoms with Gasteiger partial charge in [0.1, 0.15) is 5.92 Å². The van der Waals surface area contributed by atoms with Gasteiger partial charge in [-0.15, -0.1) is 0 Å². The Labute approximate surface area is 204 Å². The summed E-state index contributed by atoms with van der Waals surface area (Å²) in [6.07, 6.45) is -0.129. The molecule has 3 aromatic rings. The van der Waals surface area contributed by atoms with Crippen molar-refractivity contribution in [1.82, 2.24) is 0 Å². The molecule has 3 aromatic carbocycles. The number of fused-ring (bicyclic) bond motifs is 1. The average molecular weight is 522 g/mol. The molecule has 3 atom stereocenters. The summed E-state index contributed by atoms with van der Waals surface area (Å²) >= 11 is 3.37. The third kappa shape index (κ3) is 3.66. The Morgan fingerprint density at radius 2 is 1.53 bits per heavy atom. The van der Waals surface area contributed by atoms with E-state index in [1.807, 2.05) is 24.3 Å². The maximum atomic E-state index is 13.6. The maximum absolute atomic E-state index is 13.6. The number of carbonyl (C=O) groups excluding carboxylic acids is 2. The number of nitro groups is 1. The second-order valence-electron chi connectivity index (χ2n) is 8.18. The zero-order chi connectivity index (χ0) is 24.0. The number of hydrogen-bond acceptors (Lipinski definition) is 6. The summed E-state index contributed by atoms with van der Waals surface area (Å²) in [7, 11) is 0. The van der Waals surface area contributed by atoms with Gasteiger partial charge in [-0.3, -0.25) is 24.5 Å². The van der Waals surface area contributed by atoms with E-state index in [0.717, 1.165) is 22.0 Å². The second-order valence-corrected chi connectivity index (χ2v) is 9.10. The molecule has 34 heavy (non-hydrogen) atoms. The molecule has 8 nitrogen and oxygen atoms in total. The second kappa shape index (κ2) is 8.66. The normalized spacial score (nSPS) is 21.8. The van der Waals surface area contributed by atoms with Crippen molar-refractivity contribution < 1.29 is 19.3 Å². The van der Waals surface area contributed by atoms with Crippen LogP contribution < -0.4 is 9.96 Å². The number of hydrogen-bond donors (Lipinski definition) is 0. The van der Waals surface area contributed by atoms with Gasteiger partial charge in [-0.25, -0.2) is 9.96 Å². The van der Waals surface area contributed by atoms with E-state index in [1.165, 1.54) is 22.1 Å². The number of aryl methyl sites for hydroxylation is 1. The number of carbonyl (C=O) groups is 2. The quantitative estimate of drug-likeness (QED) is 0.267. The molecule has 0 aromatic heterocycles. The van der Waals surface area contributed by atoms with Gasteiger partial charge in [0.05, 0.1) is 22.3 Å². The molecular formula is C25H20BrN3O5. The Bertz CT molecular complexity index is 1260. The number of benzene rings is 3. The number of nitrogens with zero attached hydrogens (tertiary/aromatic N) is 3. The van der Waals surface area contributed by atoms with Gasteiger partial charge in [-0.1, -0.05) is 47.1 Å². The van der Waals surface area contributed by atoms with Gasteiger partial charge < -0.3 is 0 Å². The molecule has 172 valence electrons. The van der Waals surface area contributed by atoms with Crippen LogP contribution in [0.2, 0.25) is 0 Å². The first-order valence-corrected chi connectivity index (χ1v) is 11.6. The maximum Gasteiger partial charge on any atom is 0.269 e. The summed E-state index contributed by atoms with van der Waals surface area (Å²) in [6.45, 7) is 2.06. The molecule has 0 spiro atoms. The van der Waals surface area contributed by atoms with Crippen molar-refractivity contribution in [3.8, 4) is 0 Å². The van der Waals surface area contributed by atoms with Gasteiger partial charge in [0.25, 0.3) is 11.6 Å². The highest BCUT2D eigenvalue weighted by Gasteiger charge is 2.60. The zero-order valence-electron chi connectivity index (χ0n) is 18.1. The van der Waals surface area contributed by atoms with Crippen LogP contribution in [0.5, 0.6) is 0 Å². The van der Waals surface area contributed by atoms with E-state index in [4.69, 9.17) is 4.84 Å². The lowest BCUT2D eigenvalue weighted by atomic mass is 9.90. The standard InChI is InChI=1S/C25H20BrN3O5/c1-2-15-3-5-16(6-4-15)22-21-23(34-28(22)19-11-13-20(14-12-19)29(32)33)25(31)27(24(21)30)18-9-7-17(26)8-10-18/h3-14,21-23H,2H2,1H3/t21-,22+,23-/m0/s1. The molecule has 0 bridgehead atoms. The minimum atomic E-state index is -0.998. The number of non-ortho nitro benzene ring substituents is 1. The van der Waals surface area contributed by atoms with Gasteiger partial charge in [0.2, 0.25) is 5.91 Å². The summed E-state index contributed by atoms with van der Waals surface area (Å²) in [5.74, 6) is -1.54. The number of anilines is 2. The highest BCUT2D eigenvalue weighted by atomic mass is 79.9. The lowest BCUT2D eigenvalue weighted by molar-refractivity contribution is -0.384. The SMILES string of the molecule is CCc1ccc([C@@H]2[C@@H]3C(=O)N(c4ccc(Br)cc4)C(=O)[C@H]3ON2c2ccc([N+](=O)[O-])cc2)cc1. The fourth-order valence-corrected chi connectivity index (χ4v) is 4.76. The molecule has 2 aliphatic rings. The lowest BCUT2D eigenvalue weighted by Gasteiger charge is -2.28. The Kier molecular flexibility index (Phi) is 5.66. The molecule has 0 radical (unpaired) electrons. The summed E-state index contributed by atoms with van der Waals surface area (Å²) in [5.41, 5.74) is 2.92. The van der Waals surface area contributed by atoms with Crippen molar-refractivity contribution >= 4 is 44.8 Å². The smallest absolute Gasteiger partial charge is 0.269 e.